The zero-order valence-corrected chi connectivity index (χ0v) is 10.8. The molecule has 0 fully saturated rings. The van der Waals surface area contributed by atoms with Crippen molar-refractivity contribution in [1.29, 1.82) is 0 Å². The van der Waals surface area contributed by atoms with Crippen LogP contribution in [-0.2, 0) is 6.54 Å². The van der Waals surface area contributed by atoms with Gasteiger partial charge in [0.2, 0.25) is 0 Å². The van der Waals surface area contributed by atoms with Crippen molar-refractivity contribution < 1.29 is 23.5 Å². The standard InChI is InChI=1S/C13H9ClFNO4/c14-9-3-7(1-2-10(9)15)5-16-12(17)11-4-8(6-20-11)13(18)19/h1-4,6H,5H2,(H,16,17)(H,18,19). The van der Waals surface area contributed by atoms with Gasteiger partial charge < -0.3 is 14.8 Å². The van der Waals surface area contributed by atoms with Crippen LogP contribution in [0.1, 0.15) is 26.5 Å². The van der Waals surface area contributed by atoms with Gasteiger partial charge in [-0.2, -0.15) is 0 Å². The molecule has 0 aliphatic rings. The number of carbonyl (C=O) groups excluding carboxylic acids is 1. The number of carbonyl (C=O) groups is 2. The molecule has 1 heterocycles. The smallest absolute Gasteiger partial charge is 0.338 e. The fourth-order valence-electron chi connectivity index (χ4n) is 1.49. The number of rotatable bonds is 4. The minimum atomic E-state index is -1.18. The number of carboxylic acids is 1. The summed E-state index contributed by atoms with van der Waals surface area (Å²) >= 11 is 5.61. The third-order valence-electron chi connectivity index (χ3n) is 2.51. The van der Waals surface area contributed by atoms with Crippen LogP contribution in [0.25, 0.3) is 0 Å². The number of hydrogen-bond donors (Lipinski definition) is 2. The minimum Gasteiger partial charge on any atom is -0.478 e. The molecule has 0 saturated heterocycles. The number of hydrogen-bond acceptors (Lipinski definition) is 3. The van der Waals surface area contributed by atoms with Crippen LogP contribution < -0.4 is 5.32 Å². The molecule has 0 aliphatic heterocycles. The van der Waals surface area contributed by atoms with E-state index < -0.39 is 17.7 Å². The van der Waals surface area contributed by atoms with Gasteiger partial charge in [0.15, 0.2) is 5.76 Å². The van der Waals surface area contributed by atoms with Gasteiger partial charge in [0, 0.05) is 12.6 Å². The highest BCUT2D eigenvalue weighted by Crippen LogP contribution is 2.16. The van der Waals surface area contributed by atoms with Gasteiger partial charge in [-0.15, -0.1) is 0 Å². The van der Waals surface area contributed by atoms with Gasteiger partial charge in [0.25, 0.3) is 5.91 Å². The second-order valence-electron chi connectivity index (χ2n) is 3.94. The van der Waals surface area contributed by atoms with E-state index in [1.54, 1.807) is 0 Å². The highest BCUT2D eigenvalue weighted by Gasteiger charge is 2.14. The van der Waals surface area contributed by atoms with E-state index in [9.17, 15) is 14.0 Å². The molecule has 5 nitrogen and oxygen atoms in total. The van der Waals surface area contributed by atoms with Crippen molar-refractivity contribution in [1.82, 2.24) is 5.32 Å². The summed E-state index contributed by atoms with van der Waals surface area (Å²) in [5, 5.41) is 11.2. The molecule has 1 aromatic carbocycles. The van der Waals surface area contributed by atoms with Crippen LogP contribution in [0.15, 0.2) is 34.9 Å². The number of furan rings is 1. The van der Waals surface area contributed by atoms with E-state index in [1.807, 2.05) is 0 Å². The Morgan fingerprint density at radius 2 is 2.10 bits per heavy atom. The molecule has 0 bridgehead atoms. The van der Waals surface area contributed by atoms with E-state index >= 15 is 0 Å². The van der Waals surface area contributed by atoms with Crippen molar-refractivity contribution >= 4 is 23.5 Å². The Hall–Kier alpha value is -2.34. The molecule has 2 N–H and O–H groups in total. The summed E-state index contributed by atoms with van der Waals surface area (Å²) in [5.41, 5.74) is 0.495. The summed E-state index contributed by atoms with van der Waals surface area (Å²) in [7, 11) is 0. The Morgan fingerprint density at radius 3 is 2.70 bits per heavy atom. The summed E-state index contributed by atoms with van der Waals surface area (Å²) in [6.45, 7) is 0.113. The molecule has 0 spiro atoms. The van der Waals surface area contributed by atoms with Crippen molar-refractivity contribution in [3.63, 3.8) is 0 Å². The lowest BCUT2D eigenvalue weighted by Gasteiger charge is -2.04. The van der Waals surface area contributed by atoms with E-state index in [1.165, 1.54) is 18.2 Å². The fraction of sp³-hybridized carbons (Fsp3) is 0.0769. The molecular weight excluding hydrogens is 289 g/mol. The van der Waals surface area contributed by atoms with E-state index in [0.29, 0.717) is 5.56 Å². The van der Waals surface area contributed by atoms with E-state index in [4.69, 9.17) is 21.1 Å². The van der Waals surface area contributed by atoms with Crippen molar-refractivity contribution in [2.24, 2.45) is 0 Å². The topological polar surface area (TPSA) is 79.5 Å². The van der Waals surface area contributed by atoms with Gasteiger partial charge in [0.1, 0.15) is 12.1 Å². The SMILES string of the molecule is O=C(O)c1coc(C(=O)NCc2ccc(F)c(Cl)c2)c1. The van der Waals surface area contributed by atoms with Gasteiger partial charge in [0.05, 0.1) is 10.6 Å². The maximum Gasteiger partial charge on any atom is 0.338 e. The molecular formula is C13H9ClFNO4. The van der Waals surface area contributed by atoms with Crippen molar-refractivity contribution in [3.05, 3.63) is 58.3 Å². The predicted octanol–water partition coefficient (Wildman–Crippen LogP) is 2.70. The molecule has 1 aromatic heterocycles. The van der Waals surface area contributed by atoms with Crippen LogP contribution in [-0.4, -0.2) is 17.0 Å². The summed E-state index contributed by atoms with van der Waals surface area (Å²) in [6, 6.07) is 5.18. The molecule has 0 atom stereocenters. The lowest BCUT2D eigenvalue weighted by molar-refractivity contribution is 0.0696. The summed E-state index contributed by atoms with van der Waals surface area (Å²) in [5.74, 6) is -2.41. The first-order chi connectivity index (χ1) is 9.47. The average Bonchev–Trinajstić information content (AvgIpc) is 2.89. The third-order valence-corrected chi connectivity index (χ3v) is 2.80. The Kier molecular flexibility index (Phi) is 4.05. The predicted molar refractivity (Wildman–Crippen MR) is 68.2 cm³/mol. The van der Waals surface area contributed by atoms with E-state index in [-0.39, 0.29) is 22.9 Å². The lowest BCUT2D eigenvalue weighted by atomic mass is 10.2. The highest BCUT2D eigenvalue weighted by atomic mass is 35.5. The first-order valence-electron chi connectivity index (χ1n) is 5.51. The highest BCUT2D eigenvalue weighted by molar-refractivity contribution is 6.30. The molecule has 104 valence electrons. The first kappa shape index (κ1) is 14.1. The lowest BCUT2D eigenvalue weighted by Crippen LogP contribution is -2.22. The summed E-state index contributed by atoms with van der Waals surface area (Å²) in [6.07, 6.45) is 0.978. The van der Waals surface area contributed by atoms with Gasteiger partial charge >= 0.3 is 5.97 Å². The Morgan fingerprint density at radius 1 is 1.35 bits per heavy atom. The summed E-state index contributed by atoms with van der Waals surface area (Å²) in [4.78, 5) is 22.3. The second-order valence-corrected chi connectivity index (χ2v) is 4.34. The van der Waals surface area contributed by atoms with Crippen LogP contribution in [0.2, 0.25) is 5.02 Å². The zero-order chi connectivity index (χ0) is 14.7. The Labute approximate surface area is 118 Å². The Bertz CT molecular complexity index is 668. The average molecular weight is 298 g/mol. The normalized spacial score (nSPS) is 10.3. The van der Waals surface area contributed by atoms with Crippen molar-refractivity contribution in [3.8, 4) is 0 Å². The van der Waals surface area contributed by atoms with Gasteiger partial charge in [-0.1, -0.05) is 17.7 Å². The molecule has 7 heteroatoms. The maximum absolute atomic E-state index is 13.0. The maximum atomic E-state index is 13.0. The van der Waals surface area contributed by atoms with Gasteiger partial charge in [-0.05, 0) is 17.7 Å². The van der Waals surface area contributed by atoms with Crippen LogP contribution in [0.5, 0.6) is 0 Å². The number of amides is 1. The third kappa shape index (κ3) is 3.16. The van der Waals surface area contributed by atoms with Crippen LogP contribution in [0.4, 0.5) is 4.39 Å². The monoisotopic (exact) mass is 297 g/mol. The minimum absolute atomic E-state index is 0.0390. The number of halogens is 2. The van der Waals surface area contributed by atoms with Crippen molar-refractivity contribution in [2.45, 2.75) is 6.54 Å². The van der Waals surface area contributed by atoms with Gasteiger partial charge in [-0.3, -0.25) is 4.79 Å². The van der Waals surface area contributed by atoms with Crippen LogP contribution >= 0.6 is 11.6 Å². The molecule has 0 aliphatic carbocycles. The van der Waals surface area contributed by atoms with E-state index in [0.717, 1.165) is 12.3 Å². The molecule has 0 unspecified atom stereocenters. The number of carboxylic acid groups (broad SMARTS) is 1. The van der Waals surface area contributed by atoms with Crippen molar-refractivity contribution in [2.75, 3.05) is 0 Å². The molecule has 1 amide bonds. The summed E-state index contributed by atoms with van der Waals surface area (Å²) < 4.78 is 17.8. The van der Waals surface area contributed by atoms with E-state index in [2.05, 4.69) is 5.32 Å². The number of aromatic carboxylic acids is 1. The molecule has 20 heavy (non-hydrogen) atoms. The van der Waals surface area contributed by atoms with Crippen LogP contribution in [0.3, 0.4) is 0 Å². The number of nitrogens with one attached hydrogen (secondary N) is 1. The van der Waals surface area contributed by atoms with Gasteiger partial charge in [-0.25, -0.2) is 9.18 Å². The zero-order valence-electron chi connectivity index (χ0n) is 10.0. The van der Waals surface area contributed by atoms with Crippen LogP contribution in [0, 0.1) is 5.82 Å². The molecule has 0 saturated carbocycles. The largest absolute Gasteiger partial charge is 0.478 e. The Balaban J connectivity index is 2.00. The second kappa shape index (κ2) is 5.75. The molecule has 2 rings (SSSR count). The molecule has 0 radical (unpaired) electrons. The first-order valence-corrected chi connectivity index (χ1v) is 5.89. The number of benzene rings is 1. The quantitative estimate of drug-likeness (QED) is 0.909. The molecule has 2 aromatic rings. The fourth-order valence-corrected chi connectivity index (χ4v) is 1.69.